The van der Waals surface area contributed by atoms with Crippen LogP contribution in [0.25, 0.3) is 0 Å². The van der Waals surface area contributed by atoms with Gasteiger partial charge < -0.3 is 14.9 Å². The number of hydrogen-bond acceptors (Lipinski definition) is 5. The lowest BCUT2D eigenvalue weighted by atomic mass is 10.1. The summed E-state index contributed by atoms with van der Waals surface area (Å²) in [5, 5.41) is 20.2. The largest absolute Gasteiger partial charge is 0.388 e. The van der Waals surface area contributed by atoms with Crippen LogP contribution >= 0.6 is 19.1 Å². The van der Waals surface area contributed by atoms with Gasteiger partial charge in [-0.3, -0.25) is 9.55 Å². The molecule has 1 aromatic heterocycles. The summed E-state index contributed by atoms with van der Waals surface area (Å²) in [5.41, 5.74) is -0.468. The standard InChI is InChI=1S/C13H21N2O4PS/c1-20(2,3)7-5-8-10(16)11(17)12(19-8)15-6-4-9(21)14-13(15)18/h4,6,8,10-12,16-17H,1,5,7H2,2-3H3,(H,14,18,21)/t8-,10-,11-,12?/m1/s1. The maximum atomic E-state index is 11.9. The van der Waals surface area contributed by atoms with Crippen molar-refractivity contribution in [2.75, 3.05) is 19.5 Å². The monoisotopic (exact) mass is 332 g/mol. The Balaban J connectivity index is 2.18. The molecule has 0 saturated carbocycles. The Labute approximate surface area is 128 Å². The summed E-state index contributed by atoms with van der Waals surface area (Å²) in [6.45, 7) is 2.97. The fourth-order valence-corrected chi connectivity index (χ4v) is 3.40. The fourth-order valence-electron chi connectivity index (χ4n) is 2.30. The SMILES string of the molecule is C=P(C)(C)CC[C@H]1OC(n2ccc(=S)[nH]c2=O)[C@H](O)[C@@H]1O. The second-order valence-corrected chi connectivity index (χ2v) is 10.8. The van der Waals surface area contributed by atoms with E-state index in [1.165, 1.54) is 16.8 Å². The van der Waals surface area contributed by atoms with Crippen molar-refractivity contribution in [1.29, 1.82) is 0 Å². The van der Waals surface area contributed by atoms with Crippen LogP contribution in [0, 0.1) is 4.64 Å². The summed E-state index contributed by atoms with van der Waals surface area (Å²) in [6, 6.07) is 1.54. The molecular weight excluding hydrogens is 311 g/mol. The first kappa shape index (κ1) is 16.6. The Morgan fingerprint density at radius 3 is 2.71 bits per heavy atom. The zero-order chi connectivity index (χ0) is 15.8. The first-order valence-electron chi connectivity index (χ1n) is 6.69. The maximum Gasteiger partial charge on any atom is 0.328 e. The van der Waals surface area contributed by atoms with Gasteiger partial charge in [-0.05, 0) is 32.0 Å². The minimum absolute atomic E-state index is 0.310. The van der Waals surface area contributed by atoms with Crippen molar-refractivity contribution in [1.82, 2.24) is 9.55 Å². The van der Waals surface area contributed by atoms with Gasteiger partial charge in [-0.1, -0.05) is 12.2 Å². The third-order valence-corrected chi connectivity index (χ3v) is 5.19. The molecule has 3 N–H and O–H groups in total. The Kier molecular flexibility index (Phi) is 4.90. The molecule has 0 aromatic carbocycles. The average molecular weight is 332 g/mol. The van der Waals surface area contributed by atoms with Gasteiger partial charge in [-0.2, -0.15) is 0 Å². The fraction of sp³-hybridized carbons (Fsp3) is 0.615. The second kappa shape index (κ2) is 6.18. The number of ether oxygens (including phenoxy) is 1. The van der Waals surface area contributed by atoms with Crippen molar-refractivity contribution in [2.24, 2.45) is 0 Å². The summed E-state index contributed by atoms with van der Waals surface area (Å²) >= 11 is 4.87. The Morgan fingerprint density at radius 1 is 1.48 bits per heavy atom. The average Bonchev–Trinajstić information content (AvgIpc) is 2.64. The lowest BCUT2D eigenvalue weighted by Gasteiger charge is -2.18. The highest BCUT2D eigenvalue weighted by atomic mass is 32.1. The van der Waals surface area contributed by atoms with Crippen LogP contribution in [0.3, 0.4) is 0 Å². The molecule has 118 valence electrons. The smallest absolute Gasteiger partial charge is 0.328 e. The molecule has 4 atom stereocenters. The first-order chi connectivity index (χ1) is 9.69. The van der Waals surface area contributed by atoms with Gasteiger partial charge in [0.2, 0.25) is 0 Å². The Hall–Kier alpha value is -0.720. The third-order valence-electron chi connectivity index (χ3n) is 3.48. The number of nitrogens with zero attached hydrogens (tertiary/aromatic N) is 1. The van der Waals surface area contributed by atoms with E-state index in [1.54, 1.807) is 0 Å². The van der Waals surface area contributed by atoms with Crippen LogP contribution in [-0.2, 0) is 4.74 Å². The zero-order valence-corrected chi connectivity index (χ0v) is 13.8. The highest BCUT2D eigenvalue weighted by Crippen LogP contribution is 2.39. The number of rotatable bonds is 4. The zero-order valence-electron chi connectivity index (χ0n) is 12.1. The normalized spacial score (nSPS) is 29.7. The van der Waals surface area contributed by atoms with Gasteiger partial charge in [-0.15, -0.1) is 13.2 Å². The molecule has 0 amide bonds. The Morgan fingerprint density at radius 2 is 2.14 bits per heavy atom. The van der Waals surface area contributed by atoms with Crippen molar-refractivity contribution in [3.05, 3.63) is 27.4 Å². The molecule has 2 rings (SSSR count). The number of aromatic amines is 1. The van der Waals surface area contributed by atoms with E-state index in [0.717, 1.165) is 6.16 Å². The van der Waals surface area contributed by atoms with Gasteiger partial charge in [0.15, 0.2) is 6.23 Å². The van der Waals surface area contributed by atoms with Gasteiger partial charge in [-0.25, -0.2) is 4.79 Å². The molecule has 0 spiro atoms. The lowest BCUT2D eigenvalue weighted by molar-refractivity contribution is -0.0402. The van der Waals surface area contributed by atoms with Crippen molar-refractivity contribution < 1.29 is 14.9 Å². The van der Waals surface area contributed by atoms with E-state index in [1.807, 2.05) is 0 Å². The molecule has 1 fully saturated rings. The number of aromatic nitrogens is 2. The summed E-state index contributed by atoms with van der Waals surface area (Å²) in [5.74, 6) is 0. The van der Waals surface area contributed by atoms with Crippen LogP contribution in [0.1, 0.15) is 12.6 Å². The number of nitrogens with one attached hydrogen (secondary N) is 1. The summed E-state index contributed by atoms with van der Waals surface area (Å²) in [4.78, 5) is 14.3. The van der Waals surface area contributed by atoms with Gasteiger partial charge in [0.1, 0.15) is 16.8 Å². The van der Waals surface area contributed by atoms with Gasteiger partial charge in [0.05, 0.1) is 6.10 Å². The predicted molar refractivity (Wildman–Crippen MR) is 87.2 cm³/mol. The van der Waals surface area contributed by atoms with Gasteiger partial charge in [0, 0.05) is 6.20 Å². The second-order valence-electron chi connectivity index (χ2n) is 6.01. The molecule has 0 bridgehead atoms. The van der Waals surface area contributed by atoms with Crippen LogP contribution in [0.2, 0.25) is 0 Å². The molecule has 1 unspecified atom stereocenters. The molecule has 1 aliphatic rings. The molecule has 1 aromatic rings. The molecule has 1 saturated heterocycles. The highest BCUT2D eigenvalue weighted by molar-refractivity contribution is 7.72. The van der Waals surface area contributed by atoms with E-state index in [-0.39, 0.29) is 0 Å². The molecule has 6 nitrogen and oxygen atoms in total. The van der Waals surface area contributed by atoms with Crippen LogP contribution in [0.15, 0.2) is 17.1 Å². The Bertz CT molecular complexity index is 665. The molecular formula is C13H21N2O4PS. The van der Waals surface area contributed by atoms with E-state index in [0.29, 0.717) is 11.1 Å². The number of aliphatic hydroxyl groups is 2. The summed E-state index contributed by atoms with van der Waals surface area (Å²) < 4.78 is 7.21. The summed E-state index contributed by atoms with van der Waals surface area (Å²) in [6.07, 6.45) is 3.46. The van der Waals surface area contributed by atoms with E-state index in [9.17, 15) is 15.0 Å². The molecule has 0 radical (unpaired) electrons. The third kappa shape index (κ3) is 3.93. The quantitative estimate of drug-likeness (QED) is 0.556. The van der Waals surface area contributed by atoms with Crippen LogP contribution in [0.5, 0.6) is 0 Å². The maximum absolute atomic E-state index is 11.9. The molecule has 0 aliphatic carbocycles. The van der Waals surface area contributed by atoms with Crippen LogP contribution in [-0.4, -0.2) is 63.9 Å². The molecule has 2 heterocycles. The van der Waals surface area contributed by atoms with Crippen molar-refractivity contribution in [2.45, 2.75) is 31.0 Å². The van der Waals surface area contributed by atoms with Crippen molar-refractivity contribution in [3.63, 3.8) is 0 Å². The van der Waals surface area contributed by atoms with Crippen LogP contribution in [0.4, 0.5) is 0 Å². The topological polar surface area (TPSA) is 87.5 Å². The van der Waals surface area contributed by atoms with E-state index in [2.05, 4.69) is 24.6 Å². The van der Waals surface area contributed by atoms with E-state index >= 15 is 0 Å². The minimum atomic E-state index is -1.23. The van der Waals surface area contributed by atoms with Crippen LogP contribution < -0.4 is 5.69 Å². The van der Waals surface area contributed by atoms with E-state index in [4.69, 9.17) is 17.0 Å². The van der Waals surface area contributed by atoms with Gasteiger partial charge >= 0.3 is 5.69 Å². The first-order valence-corrected chi connectivity index (χ1v) is 10.2. The molecule has 8 heteroatoms. The number of aliphatic hydroxyl groups excluding tert-OH is 2. The number of hydrogen-bond donors (Lipinski definition) is 3. The number of H-pyrrole nitrogens is 1. The van der Waals surface area contributed by atoms with Crippen molar-refractivity contribution >= 4 is 25.4 Å². The van der Waals surface area contributed by atoms with Gasteiger partial charge in [0.25, 0.3) is 0 Å². The highest BCUT2D eigenvalue weighted by Gasteiger charge is 2.43. The molecule has 1 aliphatic heterocycles. The van der Waals surface area contributed by atoms with E-state index < -0.39 is 37.1 Å². The minimum Gasteiger partial charge on any atom is -0.388 e. The predicted octanol–water partition coefficient (Wildman–Crippen LogP) is 0.624. The summed E-state index contributed by atoms with van der Waals surface area (Å²) in [7, 11) is 0. The molecule has 21 heavy (non-hydrogen) atoms. The van der Waals surface area contributed by atoms with Crippen molar-refractivity contribution in [3.8, 4) is 0 Å². The lowest BCUT2D eigenvalue weighted by Crippen LogP contribution is -2.35.